The van der Waals surface area contributed by atoms with E-state index in [0.29, 0.717) is 5.92 Å². The predicted molar refractivity (Wildman–Crippen MR) is 68.8 cm³/mol. The Hall–Kier alpha value is -1.55. The third-order valence-corrected chi connectivity index (χ3v) is 3.47. The highest BCUT2D eigenvalue weighted by molar-refractivity contribution is 5.75. The van der Waals surface area contributed by atoms with E-state index in [1.165, 1.54) is 12.7 Å². The average molecular weight is 249 g/mol. The molecule has 0 aromatic heterocycles. The number of nitrogens with one attached hydrogen (secondary N) is 1. The first-order valence-electron chi connectivity index (χ1n) is 6.20. The molecule has 18 heavy (non-hydrogen) atoms. The van der Waals surface area contributed by atoms with Gasteiger partial charge in [-0.25, -0.2) is 0 Å². The van der Waals surface area contributed by atoms with Crippen LogP contribution in [0.25, 0.3) is 0 Å². The molecular weight excluding hydrogens is 230 g/mol. The van der Waals surface area contributed by atoms with Crippen LogP contribution in [0.4, 0.5) is 0 Å². The molecule has 0 bridgehead atoms. The highest BCUT2D eigenvalue weighted by Crippen LogP contribution is 2.33. The van der Waals surface area contributed by atoms with Crippen molar-refractivity contribution >= 4 is 5.97 Å². The van der Waals surface area contributed by atoms with Gasteiger partial charge in [0.25, 0.3) is 0 Å². The Morgan fingerprint density at radius 1 is 1.33 bits per heavy atom. The minimum absolute atomic E-state index is 0.186. The largest absolute Gasteiger partial charge is 0.496 e. The maximum Gasteiger partial charge on any atom is 0.322 e. The van der Waals surface area contributed by atoms with E-state index in [-0.39, 0.29) is 12.0 Å². The van der Waals surface area contributed by atoms with Gasteiger partial charge in [-0.1, -0.05) is 18.2 Å². The molecule has 1 aliphatic rings. The highest BCUT2D eigenvalue weighted by atomic mass is 16.5. The van der Waals surface area contributed by atoms with Crippen molar-refractivity contribution in [3.63, 3.8) is 0 Å². The van der Waals surface area contributed by atoms with Gasteiger partial charge >= 0.3 is 5.97 Å². The monoisotopic (exact) mass is 249 g/mol. The lowest BCUT2D eigenvalue weighted by atomic mass is 9.86. The van der Waals surface area contributed by atoms with Crippen LogP contribution in [0.3, 0.4) is 0 Å². The Labute approximate surface area is 107 Å². The molecule has 4 nitrogen and oxygen atoms in total. The summed E-state index contributed by atoms with van der Waals surface area (Å²) in [5.41, 5.74) is 1.18. The summed E-state index contributed by atoms with van der Waals surface area (Å²) in [5.74, 6) is 1.05. The molecule has 1 aromatic rings. The predicted octanol–water partition coefficient (Wildman–Crippen LogP) is 1.70. The highest BCUT2D eigenvalue weighted by Gasteiger charge is 2.29. The second-order valence-electron chi connectivity index (χ2n) is 4.49. The molecule has 1 saturated heterocycles. The van der Waals surface area contributed by atoms with Crippen LogP contribution in [0.15, 0.2) is 24.3 Å². The average Bonchev–Trinajstić information content (AvgIpc) is 2.46. The molecule has 0 amide bonds. The Balaban J connectivity index is 2.15. The van der Waals surface area contributed by atoms with Crippen molar-refractivity contribution in [3.05, 3.63) is 29.8 Å². The van der Waals surface area contributed by atoms with Gasteiger partial charge in [-0.05, 0) is 36.9 Å². The summed E-state index contributed by atoms with van der Waals surface area (Å²) in [5, 5.41) is 3.19. The third kappa shape index (κ3) is 2.64. The summed E-state index contributed by atoms with van der Waals surface area (Å²) < 4.78 is 10.2. The SMILES string of the molecule is COC(=O)C1CC(c2ccccc2OC)CCN1. The lowest BCUT2D eigenvalue weighted by Gasteiger charge is -2.29. The summed E-state index contributed by atoms with van der Waals surface area (Å²) in [6.45, 7) is 0.822. The van der Waals surface area contributed by atoms with E-state index in [1.807, 2.05) is 18.2 Å². The van der Waals surface area contributed by atoms with Crippen molar-refractivity contribution in [2.45, 2.75) is 24.8 Å². The second-order valence-corrected chi connectivity index (χ2v) is 4.49. The fourth-order valence-electron chi connectivity index (χ4n) is 2.53. The molecule has 0 saturated carbocycles. The number of benzene rings is 1. The van der Waals surface area contributed by atoms with E-state index in [4.69, 9.17) is 9.47 Å². The standard InChI is InChI=1S/C14H19NO3/c1-17-13-6-4-3-5-11(13)10-7-8-15-12(9-10)14(16)18-2/h3-6,10,12,15H,7-9H2,1-2H3. The van der Waals surface area contributed by atoms with Crippen LogP contribution in [-0.4, -0.2) is 32.8 Å². The maximum absolute atomic E-state index is 11.6. The van der Waals surface area contributed by atoms with Crippen LogP contribution in [-0.2, 0) is 9.53 Å². The van der Waals surface area contributed by atoms with Gasteiger partial charge in [-0.2, -0.15) is 0 Å². The number of methoxy groups -OCH3 is 2. The van der Waals surface area contributed by atoms with Crippen LogP contribution >= 0.6 is 0 Å². The molecule has 0 radical (unpaired) electrons. The first-order valence-corrected chi connectivity index (χ1v) is 6.20. The van der Waals surface area contributed by atoms with E-state index in [0.717, 1.165) is 25.1 Å². The zero-order valence-corrected chi connectivity index (χ0v) is 10.8. The Morgan fingerprint density at radius 3 is 2.83 bits per heavy atom. The summed E-state index contributed by atoms with van der Waals surface area (Å²) in [6, 6.07) is 7.79. The van der Waals surface area contributed by atoms with Crippen molar-refractivity contribution in [1.29, 1.82) is 0 Å². The van der Waals surface area contributed by atoms with Crippen molar-refractivity contribution < 1.29 is 14.3 Å². The van der Waals surface area contributed by atoms with Crippen LogP contribution in [0.5, 0.6) is 5.75 Å². The fourth-order valence-corrected chi connectivity index (χ4v) is 2.53. The van der Waals surface area contributed by atoms with Gasteiger partial charge in [0.2, 0.25) is 0 Å². The van der Waals surface area contributed by atoms with Gasteiger partial charge in [0.15, 0.2) is 0 Å². The molecule has 0 spiro atoms. The van der Waals surface area contributed by atoms with E-state index >= 15 is 0 Å². The molecule has 2 unspecified atom stereocenters. The van der Waals surface area contributed by atoms with Crippen molar-refractivity contribution in [3.8, 4) is 5.75 Å². The fraction of sp³-hybridized carbons (Fsp3) is 0.500. The third-order valence-electron chi connectivity index (χ3n) is 3.47. The maximum atomic E-state index is 11.6. The molecule has 1 aliphatic heterocycles. The van der Waals surface area contributed by atoms with E-state index in [1.54, 1.807) is 7.11 Å². The summed E-state index contributed by atoms with van der Waals surface area (Å²) in [7, 11) is 3.11. The minimum atomic E-state index is -0.210. The van der Waals surface area contributed by atoms with Crippen molar-refractivity contribution in [2.75, 3.05) is 20.8 Å². The van der Waals surface area contributed by atoms with Gasteiger partial charge in [0.05, 0.1) is 14.2 Å². The topological polar surface area (TPSA) is 47.6 Å². The Bertz CT molecular complexity index is 419. The number of ether oxygens (including phenoxy) is 2. The van der Waals surface area contributed by atoms with Crippen LogP contribution in [0.2, 0.25) is 0 Å². The lowest BCUT2D eigenvalue weighted by Crippen LogP contribution is -2.43. The van der Waals surface area contributed by atoms with Gasteiger partial charge in [-0.15, -0.1) is 0 Å². The molecular formula is C14H19NO3. The zero-order chi connectivity index (χ0) is 13.0. The van der Waals surface area contributed by atoms with E-state index < -0.39 is 0 Å². The van der Waals surface area contributed by atoms with Crippen LogP contribution in [0, 0.1) is 0 Å². The van der Waals surface area contributed by atoms with E-state index in [9.17, 15) is 4.79 Å². The normalized spacial score (nSPS) is 23.4. The number of carbonyl (C=O) groups excluding carboxylic acids is 1. The molecule has 0 aliphatic carbocycles. The summed E-state index contributed by atoms with van der Waals surface area (Å²) in [4.78, 5) is 11.6. The number of carbonyl (C=O) groups is 1. The van der Waals surface area contributed by atoms with Crippen LogP contribution < -0.4 is 10.1 Å². The second kappa shape index (κ2) is 5.87. The zero-order valence-electron chi connectivity index (χ0n) is 10.8. The van der Waals surface area contributed by atoms with Crippen molar-refractivity contribution in [1.82, 2.24) is 5.32 Å². The van der Waals surface area contributed by atoms with Crippen molar-refractivity contribution in [2.24, 2.45) is 0 Å². The quantitative estimate of drug-likeness (QED) is 0.828. The molecule has 1 heterocycles. The molecule has 1 fully saturated rings. The van der Waals surface area contributed by atoms with Crippen LogP contribution in [0.1, 0.15) is 24.3 Å². The molecule has 1 aromatic carbocycles. The number of piperidine rings is 1. The smallest absolute Gasteiger partial charge is 0.322 e. The molecule has 4 heteroatoms. The lowest BCUT2D eigenvalue weighted by molar-refractivity contribution is -0.143. The van der Waals surface area contributed by atoms with Gasteiger partial charge in [0, 0.05) is 0 Å². The van der Waals surface area contributed by atoms with Gasteiger partial charge in [-0.3, -0.25) is 4.79 Å². The van der Waals surface area contributed by atoms with E-state index in [2.05, 4.69) is 11.4 Å². The van der Waals surface area contributed by atoms with Gasteiger partial charge < -0.3 is 14.8 Å². The Kier molecular flexibility index (Phi) is 4.20. The number of hydrogen-bond acceptors (Lipinski definition) is 4. The summed E-state index contributed by atoms with van der Waals surface area (Å²) >= 11 is 0. The van der Waals surface area contributed by atoms with Gasteiger partial charge in [0.1, 0.15) is 11.8 Å². The number of esters is 1. The minimum Gasteiger partial charge on any atom is -0.496 e. The first kappa shape index (κ1) is 12.9. The number of para-hydroxylation sites is 1. The summed E-state index contributed by atoms with van der Waals surface area (Å²) in [6.07, 6.45) is 1.76. The number of rotatable bonds is 3. The molecule has 2 atom stereocenters. The molecule has 98 valence electrons. The Morgan fingerprint density at radius 2 is 2.11 bits per heavy atom. The molecule has 1 N–H and O–H groups in total. The molecule has 2 rings (SSSR count). The number of hydrogen-bond donors (Lipinski definition) is 1. The first-order chi connectivity index (χ1) is 8.76.